The van der Waals surface area contributed by atoms with Gasteiger partial charge < -0.3 is 20.0 Å². The van der Waals surface area contributed by atoms with Crippen molar-refractivity contribution in [3.63, 3.8) is 0 Å². The topological polar surface area (TPSA) is 81.1 Å². The van der Waals surface area contributed by atoms with Gasteiger partial charge in [0.1, 0.15) is 5.82 Å². The van der Waals surface area contributed by atoms with Gasteiger partial charge in [-0.1, -0.05) is 0 Å². The van der Waals surface area contributed by atoms with Crippen LogP contribution in [0.25, 0.3) is 0 Å². The quantitative estimate of drug-likeness (QED) is 0.345. The summed E-state index contributed by atoms with van der Waals surface area (Å²) in [5, 5.41) is 3.32. The Morgan fingerprint density at radius 2 is 1.93 bits per heavy atom. The molecular formula is C20H35IN6O2S. The molecule has 0 amide bonds. The predicted molar refractivity (Wildman–Crippen MR) is 134 cm³/mol. The summed E-state index contributed by atoms with van der Waals surface area (Å²) in [4.78, 5) is 16.0. The molecule has 30 heavy (non-hydrogen) atoms. The molecule has 0 bridgehead atoms. The van der Waals surface area contributed by atoms with E-state index in [-0.39, 0.29) is 29.7 Å². The van der Waals surface area contributed by atoms with Gasteiger partial charge in [0.25, 0.3) is 0 Å². The summed E-state index contributed by atoms with van der Waals surface area (Å²) in [7, 11) is -0.929. The van der Waals surface area contributed by atoms with Crippen molar-refractivity contribution in [2.24, 2.45) is 4.99 Å². The number of aliphatic imine (C=N–C) groups is 1. The lowest BCUT2D eigenvalue weighted by atomic mass is 10.2. The van der Waals surface area contributed by atoms with Gasteiger partial charge in [0.05, 0.1) is 17.0 Å². The van der Waals surface area contributed by atoms with Gasteiger partial charge in [-0.25, -0.2) is 18.4 Å². The van der Waals surface area contributed by atoms with E-state index >= 15 is 0 Å². The van der Waals surface area contributed by atoms with Crippen LogP contribution in [0.4, 0.5) is 5.82 Å². The largest absolute Gasteiger partial charge is 0.357 e. The lowest BCUT2D eigenvalue weighted by molar-refractivity contribution is 0.312. The molecule has 170 valence electrons. The van der Waals surface area contributed by atoms with Crippen molar-refractivity contribution in [3.05, 3.63) is 23.9 Å². The summed E-state index contributed by atoms with van der Waals surface area (Å²) in [6.45, 7) is 11.9. The second kappa shape index (κ2) is 10.4. The molecular weight excluding hydrogens is 515 g/mol. The Bertz CT molecular complexity index is 837. The van der Waals surface area contributed by atoms with Crippen LogP contribution in [0.15, 0.2) is 23.3 Å². The Labute approximate surface area is 198 Å². The van der Waals surface area contributed by atoms with E-state index < -0.39 is 14.6 Å². The van der Waals surface area contributed by atoms with Crippen molar-refractivity contribution in [1.29, 1.82) is 0 Å². The van der Waals surface area contributed by atoms with Gasteiger partial charge in [0, 0.05) is 52.0 Å². The normalized spacial score (nSPS) is 21.8. The molecule has 2 aliphatic heterocycles. The smallest absolute Gasteiger partial charge is 0.194 e. The fourth-order valence-corrected chi connectivity index (χ4v) is 5.05. The van der Waals surface area contributed by atoms with E-state index in [9.17, 15) is 8.42 Å². The van der Waals surface area contributed by atoms with E-state index in [1.54, 1.807) is 13.8 Å². The standard InChI is InChI=1S/C20H34N6O2S.HI/c1-5-21-19(26-12-13-29(27,28)20(2,3)16-26)23-15-17-6-7-22-18(14-17)25-10-8-24(4)9-11-25;/h6-7,14H,5,8-13,15-16H2,1-4H3,(H,21,23);1H. The zero-order valence-corrected chi connectivity index (χ0v) is 21.6. The summed E-state index contributed by atoms with van der Waals surface area (Å²) in [6, 6.07) is 4.11. The van der Waals surface area contributed by atoms with Crippen LogP contribution in [0, 0.1) is 0 Å². The van der Waals surface area contributed by atoms with Crippen molar-refractivity contribution >= 4 is 45.6 Å². The van der Waals surface area contributed by atoms with E-state index in [2.05, 4.69) is 38.1 Å². The van der Waals surface area contributed by atoms with Crippen molar-refractivity contribution < 1.29 is 8.42 Å². The summed E-state index contributed by atoms with van der Waals surface area (Å²) in [6.07, 6.45) is 1.85. The van der Waals surface area contributed by atoms with Gasteiger partial charge in [0.2, 0.25) is 0 Å². The van der Waals surface area contributed by atoms with Crippen LogP contribution in [0.5, 0.6) is 0 Å². The number of halogens is 1. The van der Waals surface area contributed by atoms with Crippen LogP contribution >= 0.6 is 24.0 Å². The molecule has 1 aromatic heterocycles. The highest BCUT2D eigenvalue weighted by molar-refractivity contribution is 14.0. The molecule has 0 aromatic carbocycles. The summed E-state index contributed by atoms with van der Waals surface area (Å²) in [5.74, 6) is 1.93. The minimum absolute atomic E-state index is 0. The van der Waals surface area contributed by atoms with Gasteiger partial charge in [0.15, 0.2) is 15.8 Å². The molecule has 0 unspecified atom stereocenters. The number of hydrogen-bond acceptors (Lipinski definition) is 6. The summed E-state index contributed by atoms with van der Waals surface area (Å²) < 4.78 is 23.9. The van der Waals surface area contributed by atoms with Crippen molar-refractivity contribution in [2.75, 3.05) is 63.5 Å². The van der Waals surface area contributed by atoms with Gasteiger partial charge in [-0.15, -0.1) is 24.0 Å². The third-order valence-electron chi connectivity index (χ3n) is 5.73. The maximum Gasteiger partial charge on any atom is 0.194 e. The number of anilines is 1. The molecule has 0 saturated carbocycles. The predicted octanol–water partition coefficient (Wildman–Crippen LogP) is 1.43. The first kappa shape index (κ1) is 25.1. The third-order valence-corrected chi connectivity index (χ3v) is 8.26. The zero-order chi connectivity index (χ0) is 21.1. The molecule has 2 aliphatic rings. The molecule has 0 spiro atoms. The highest BCUT2D eigenvalue weighted by Crippen LogP contribution is 2.24. The highest BCUT2D eigenvalue weighted by atomic mass is 127. The number of sulfone groups is 1. The number of nitrogens with zero attached hydrogens (tertiary/aromatic N) is 5. The van der Waals surface area contributed by atoms with Gasteiger partial charge in [-0.05, 0) is 45.5 Å². The molecule has 8 nitrogen and oxygen atoms in total. The Morgan fingerprint density at radius 1 is 1.23 bits per heavy atom. The second-order valence-electron chi connectivity index (χ2n) is 8.48. The van der Waals surface area contributed by atoms with Crippen molar-refractivity contribution in [1.82, 2.24) is 20.1 Å². The Morgan fingerprint density at radius 3 is 2.57 bits per heavy atom. The van der Waals surface area contributed by atoms with Gasteiger partial charge >= 0.3 is 0 Å². The molecule has 10 heteroatoms. The van der Waals surface area contributed by atoms with Gasteiger partial charge in [-0.2, -0.15) is 0 Å². The first-order valence-electron chi connectivity index (χ1n) is 10.4. The monoisotopic (exact) mass is 550 g/mol. The van der Waals surface area contributed by atoms with Crippen molar-refractivity contribution in [2.45, 2.75) is 32.1 Å². The number of rotatable bonds is 4. The van der Waals surface area contributed by atoms with Crippen LogP contribution < -0.4 is 10.2 Å². The molecule has 2 saturated heterocycles. The van der Waals surface area contributed by atoms with Crippen LogP contribution in [0.3, 0.4) is 0 Å². The zero-order valence-electron chi connectivity index (χ0n) is 18.5. The number of likely N-dealkylation sites (N-methyl/N-ethyl adjacent to an activating group) is 1. The summed E-state index contributed by atoms with van der Waals surface area (Å²) >= 11 is 0. The Hall–Kier alpha value is -1.14. The minimum atomic E-state index is -3.07. The number of pyridine rings is 1. The van der Waals surface area contributed by atoms with Crippen molar-refractivity contribution in [3.8, 4) is 0 Å². The van der Waals surface area contributed by atoms with E-state index in [0.717, 1.165) is 50.1 Å². The van der Waals surface area contributed by atoms with Crippen LogP contribution in [0.2, 0.25) is 0 Å². The number of nitrogens with one attached hydrogen (secondary N) is 1. The van der Waals surface area contributed by atoms with E-state index in [4.69, 9.17) is 4.99 Å². The molecule has 2 fully saturated rings. The van der Waals surface area contributed by atoms with Crippen LogP contribution in [-0.4, -0.2) is 92.5 Å². The molecule has 0 radical (unpaired) electrons. The second-order valence-corrected chi connectivity index (χ2v) is 11.2. The Balaban J connectivity index is 0.00000320. The summed E-state index contributed by atoms with van der Waals surface area (Å²) in [5.41, 5.74) is 1.10. The molecule has 3 heterocycles. The number of guanidine groups is 1. The molecule has 1 aromatic rings. The third kappa shape index (κ3) is 5.97. The maximum atomic E-state index is 12.3. The lowest BCUT2D eigenvalue weighted by Gasteiger charge is -2.39. The number of piperazine rings is 1. The van der Waals surface area contributed by atoms with E-state index in [1.807, 2.05) is 19.2 Å². The van der Waals surface area contributed by atoms with E-state index in [0.29, 0.717) is 19.6 Å². The Kier molecular flexibility index (Phi) is 8.75. The first-order valence-corrected chi connectivity index (χ1v) is 12.0. The fourth-order valence-electron chi connectivity index (χ4n) is 3.68. The number of aromatic nitrogens is 1. The molecule has 3 rings (SSSR count). The average Bonchev–Trinajstić information content (AvgIpc) is 2.68. The SMILES string of the molecule is CCNC(=NCc1ccnc(N2CCN(C)CC2)c1)N1CCS(=O)(=O)C(C)(C)C1.I. The first-order chi connectivity index (χ1) is 13.7. The minimum Gasteiger partial charge on any atom is -0.357 e. The van der Waals surface area contributed by atoms with Gasteiger partial charge in [-0.3, -0.25) is 0 Å². The van der Waals surface area contributed by atoms with Crippen LogP contribution in [-0.2, 0) is 16.4 Å². The van der Waals surface area contributed by atoms with E-state index in [1.165, 1.54) is 0 Å². The maximum absolute atomic E-state index is 12.3. The lowest BCUT2D eigenvalue weighted by Crippen LogP contribution is -2.57. The highest BCUT2D eigenvalue weighted by Gasteiger charge is 2.40. The molecule has 0 aliphatic carbocycles. The molecule has 1 N–H and O–H groups in total. The molecule has 0 atom stereocenters. The fraction of sp³-hybridized carbons (Fsp3) is 0.700. The van der Waals surface area contributed by atoms with Crippen LogP contribution in [0.1, 0.15) is 26.3 Å². The average molecular weight is 551 g/mol. The number of hydrogen-bond donors (Lipinski definition) is 1.